The van der Waals surface area contributed by atoms with Crippen molar-refractivity contribution in [3.05, 3.63) is 93.2 Å². The van der Waals surface area contributed by atoms with Gasteiger partial charge in [-0.15, -0.1) is 0 Å². The molecule has 30 heavy (non-hydrogen) atoms. The summed E-state index contributed by atoms with van der Waals surface area (Å²) in [6.07, 6.45) is 0.00884. The normalized spacial score (nSPS) is 19.6. The number of hydrogen-bond donors (Lipinski definition) is 0. The quantitative estimate of drug-likeness (QED) is 0.471. The Labute approximate surface area is 183 Å². The van der Waals surface area contributed by atoms with Crippen LogP contribution in [-0.2, 0) is 0 Å². The van der Waals surface area contributed by atoms with Crippen LogP contribution in [0.4, 0.5) is 4.39 Å². The van der Waals surface area contributed by atoms with Gasteiger partial charge in [-0.05, 0) is 66.2 Å². The summed E-state index contributed by atoms with van der Waals surface area (Å²) in [5, 5.41) is 7.74. The van der Waals surface area contributed by atoms with E-state index in [1.54, 1.807) is 13.2 Å². The molecule has 4 nitrogen and oxygen atoms in total. The number of methoxy groups -OCH3 is 1. The molecule has 0 fully saturated rings. The average Bonchev–Trinajstić information content (AvgIpc) is 3.21. The molecule has 2 aliphatic heterocycles. The van der Waals surface area contributed by atoms with Crippen molar-refractivity contribution in [2.24, 2.45) is 5.10 Å². The van der Waals surface area contributed by atoms with E-state index in [1.165, 1.54) is 18.2 Å². The molecular weight excluding hydrogens is 426 g/mol. The van der Waals surface area contributed by atoms with Gasteiger partial charge in [-0.2, -0.15) is 5.10 Å². The molecule has 0 bridgehead atoms. The molecule has 7 heteroatoms. The van der Waals surface area contributed by atoms with Crippen molar-refractivity contribution < 1.29 is 13.9 Å². The van der Waals surface area contributed by atoms with Gasteiger partial charge in [0.1, 0.15) is 17.3 Å². The second kappa shape index (κ2) is 7.49. The zero-order valence-electron chi connectivity index (χ0n) is 16.0. The van der Waals surface area contributed by atoms with Crippen LogP contribution in [0.15, 0.2) is 65.8 Å². The maximum absolute atomic E-state index is 14.0. The summed E-state index contributed by atoms with van der Waals surface area (Å²) in [5.74, 6) is 1.09. The third-order valence-corrected chi connectivity index (χ3v) is 5.98. The van der Waals surface area contributed by atoms with E-state index in [0.717, 1.165) is 22.6 Å². The van der Waals surface area contributed by atoms with Gasteiger partial charge in [0.25, 0.3) is 0 Å². The molecule has 0 radical (unpaired) electrons. The van der Waals surface area contributed by atoms with Crippen LogP contribution in [0.25, 0.3) is 0 Å². The van der Waals surface area contributed by atoms with Crippen LogP contribution >= 0.6 is 23.2 Å². The molecule has 3 aromatic carbocycles. The van der Waals surface area contributed by atoms with Crippen molar-refractivity contribution in [2.45, 2.75) is 18.7 Å². The molecule has 152 valence electrons. The van der Waals surface area contributed by atoms with E-state index in [4.69, 9.17) is 37.8 Å². The van der Waals surface area contributed by atoms with Gasteiger partial charge in [0.05, 0.1) is 18.9 Å². The van der Waals surface area contributed by atoms with Crippen LogP contribution < -0.4 is 9.47 Å². The first kappa shape index (κ1) is 19.2. The third kappa shape index (κ3) is 3.28. The molecule has 0 amide bonds. The SMILES string of the molecule is COc1ccc(C2=NN3C(C2)c2cc(Cl)ccc2OC3c2cc(F)ccc2Cl)cc1. The van der Waals surface area contributed by atoms with Gasteiger partial charge in [-0.3, -0.25) is 0 Å². The van der Waals surface area contributed by atoms with Gasteiger partial charge in [0, 0.05) is 27.6 Å². The summed E-state index contributed by atoms with van der Waals surface area (Å²) in [6.45, 7) is 0. The molecular formula is C23H17Cl2FN2O2. The fraction of sp³-hybridized carbons (Fsp3) is 0.174. The van der Waals surface area contributed by atoms with Crippen molar-refractivity contribution in [1.82, 2.24) is 5.01 Å². The standard InChI is InChI=1S/C23H17Cl2FN2O2/c1-29-16-6-2-13(3-7-16)20-12-21-18-10-14(24)4-9-22(18)30-23(28(21)27-20)17-11-15(26)5-8-19(17)25/h2-11,21,23H,12H2,1H3. The van der Waals surface area contributed by atoms with Gasteiger partial charge in [0.15, 0.2) is 0 Å². The van der Waals surface area contributed by atoms with Crippen molar-refractivity contribution in [3.8, 4) is 11.5 Å². The second-order valence-electron chi connectivity index (χ2n) is 7.19. The van der Waals surface area contributed by atoms with Crippen LogP contribution in [0.3, 0.4) is 0 Å². The lowest BCUT2D eigenvalue weighted by atomic mass is 9.96. The van der Waals surface area contributed by atoms with E-state index in [0.29, 0.717) is 27.8 Å². The van der Waals surface area contributed by atoms with Crippen LogP contribution in [0.1, 0.15) is 35.4 Å². The third-order valence-electron chi connectivity index (χ3n) is 5.40. The molecule has 3 aromatic rings. The molecule has 2 atom stereocenters. The van der Waals surface area contributed by atoms with Crippen molar-refractivity contribution in [2.75, 3.05) is 7.11 Å². The van der Waals surface area contributed by atoms with E-state index in [2.05, 4.69) is 0 Å². The first-order chi connectivity index (χ1) is 14.5. The van der Waals surface area contributed by atoms with E-state index < -0.39 is 6.23 Å². The molecule has 2 aliphatic rings. The Bertz CT molecular complexity index is 1150. The monoisotopic (exact) mass is 442 g/mol. The Kier molecular flexibility index (Phi) is 4.80. The number of fused-ring (bicyclic) bond motifs is 3. The summed E-state index contributed by atoms with van der Waals surface area (Å²) in [4.78, 5) is 0. The molecule has 0 aliphatic carbocycles. The van der Waals surface area contributed by atoms with Crippen LogP contribution in [0.5, 0.6) is 11.5 Å². The molecule has 0 aromatic heterocycles. The first-order valence-electron chi connectivity index (χ1n) is 9.45. The van der Waals surface area contributed by atoms with Gasteiger partial charge < -0.3 is 9.47 Å². The van der Waals surface area contributed by atoms with E-state index >= 15 is 0 Å². The Balaban J connectivity index is 1.61. The maximum Gasteiger partial charge on any atom is 0.215 e. The Morgan fingerprint density at radius 3 is 2.60 bits per heavy atom. The minimum Gasteiger partial charge on any atom is -0.497 e. The summed E-state index contributed by atoms with van der Waals surface area (Å²) < 4.78 is 25.5. The maximum atomic E-state index is 14.0. The summed E-state index contributed by atoms with van der Waals surface area (Å²) in [7, 11) is 1.63. The number of halogens is 3. The molecule has 5 rings (SSSR count). The molecule has 0 saturated carbocycles. The highest BCUT2D eigenvalue weighted by Crippen LogP contribution is 2.49. The highest BCUT2D eigenvalue weighted by molar-refractivity contribution is 6.31. The number of benzene rings is 3. The van der Waals surface area contributed by atoms with E-state index in [-0.39, 0.29) is 11.9 Å². The van der Waals surface area contributed by atoms with Gasteiger partial charge in [-0.1, -0.05) is 23.2 Å². The summed E-state index contributed by atoms with van der Waals surface area (Å²) >= 11 is 12.7. The van der Waals surface area contributed by atoms with Crippen LogP contribution in [-0.4, -0.2) is 17.8 Å². The topological polar surface area (TPSA) is 34.1 Å². The molecule has 2 heterocycles. The van der Waals surface area contributed by atoms with Gasteiger partial charge in [-0.25, -0.2) is 9.40 Å². The van der Waals surface area contributed by atoms with Gasteiger partial charge in [0.2, 0.25) is 6.23 Å². The number of hydrogen-bond acceptors (Lipinski definition) is 4. The Morgan fingerprint density at radius 1 is 1.03 bits per heavy atom. The first-order valence-corrected chi connectivity index (χ1v) is 10.2. The van der Waals surface area contributed by atoms with E-state index in [9.17, 15) is 4.39 Å². The molecule has 0 saturated heterocycles. The number of ether oxygens (including phenoxy) is 2. The van der Waals surface area contributed by atoms with E-state index in [1.807, 2.05) is 41.4 Å². The molecule has 0 N–H and O–H groups in total. The predicted octanol–water partition coefficient (Wildman–Crippen LogP) is 6.38. The van der Waals surface area contributed by atoms with Gasteiger partial charge >= 0.3 is 0 Å². The minimum atomic E-state index is -0.650. The minimum absolute atomic E-state index is 0.103. The zero-order chi connectivity index (χ0) is 20.8. The lowest BCUT2D eigenvalue weighted by molar-refractivity contribution is -0.0191. The fourth-order valence-corrected chi connectivity index (χ4v) is 4.32. The fourth-order valence-electron chi connectivity index (χ4n) is 3.93. The van der Waals surface area contributed by atoms with Crippen molar-refractivity contribution in [3.63, 3.8) is 0 Å². The lowest BCUT2D eigenvalue weighted by Gasteiger charge is -2.38. The number of hydrazone groups is 1. The lowest BCUT2D eigenvalue weighted by Crippen LogP contribution is -2.34. The number of rotatable bonds is 3. The Morgan fingerprint density at radius 2 is 1.83 bits per heavy atom. The zero-order valence-corrected chi connectivity index (χ0v) is 17.5. The predicted molar refractivity (Wildman–Crippen MR) is 115 cm³/mol. The Hall–Kier alpha value is -2.76. The average molecular weight is 443 g/mol. The largest absolute Gasteiger partial charge is 0.497 e. The van der Waals surface area contributed by atoms with Crippen molar-refractivity contribution >= 4 is 28.9 Å². The highest BCUT2D eigenvalue weighted by Gasteiger charge is 2.41. The second-order valence-corrected chi connectivity index (χ2v) is 8.04. The molecule has 0 spiro atoms. The van der Waals surface area contributed by atoms with Crippen molar-refractivity contribution in [1.29, 1.82) is 0 Å². The molecule has 2 unspecified atom stereocenters. The van der Waals surface area contributed by atoms with Crippen LogP contribution in [0.2, 0.25) is 10.0 Å². The number of nitrogens with zero attached hydrogens (tertiary/aromatic N) is 2. The smallest absolute Gasteiger partial charge is 0.215 e. The summed E-state index contributed by atoms with van der Waals surface area (Å²) in [6, 6.07) is 17.4. The highest BCUT2D eigenvalue weighted by atomic mass is 35.5. The van der Waals surface area contributed by atoms with Crippen LogP contribution in [0, 0.1) is 5.82 Å². The summed E-state index contributed by atoms with van der Waals surface area (Å²) in [5.41, 5.74) is 3.36.